The van der Waals surface area contributed by atoms with E-state index < -0.39 is 10.9 Å². The number of alkyl halides is 4. The van der Waals surface area contributed by atoms with Gasteiger partial charge >= 0.3 is 5.25 Å². The molecule has 0 fully saturated rings. The summed E-state index contributed by atoms with van der Waals surface area (Å²) in [6, 6.07) is 5.98. The van der Waals surface area contributed by atoms with Crippen molar-refractivity contribution in [1.82, 2.24) is 0 Å². The molecule has 0 heterocycles. The minimum atomic E-state index is -3.71. The number of nitrogens with zero attached hydrogens (tertiary/aromatic N) is 1. The fourth-order valence-corrected chi connectivity index (χ4v) is 1.86. The Kier molecular flexibility index (Phi) is 4.80. The number of halogens is 4. The van der Waals surface area contributed by atoms with Crippen LogP contribution >= 0.6 is 35.6 Å². The van der Waals surface area contributed by atoms with Crippen LogP contribution in [0.15, 0.2) is 34.2 Å². The van der Waals surface area contributed by atoms with Crippen molar-refractivity contribution in [3.63, 3.8) is 0 Å². The predicted octanol–water partition coefficient (Wildman–Crippen LogP) is 4.64. The lowest BCUT2D eigenvalue weighted by Gasteiger charge is -2.15. The molecule has 0 aliphatic carbocycles. The van der Waals surface area contributed by atoms with E-state index in [-0.39, 0.29) is 22.3 Å². The average molecular weight is 284 g/mol. The highest BCUT2D eigenvalue weighted by Crippen LogP contribution is 2.44. The summed E-state index contributed by atoms with van der Waals surface area (Å²) in [5.74, 6) is 0. The van der Waals surface area contributed by atoms with E-state index in [0.29, 0.717) is 0 Å². The quantitative estimate of drug-likeness (QED) is 0.345. The molecule has 1 rings (SSSR count). The highest BCUT2D eigenvalue weighted by molar-refractivity contribution is 8.00. The van der Waals surface area contributed by atoms with E-state index in [9.17, 15) is 13.2 Å². The smallest absolute Gasteiger partial charge is 0.222 e. The molecular formula is C9H5ClF3NS2. The zero-order chi connectivity index (χ0) is 12.2. The lowest BCUT2D eigenvalue weighted by molar-refractivity contribution is 0.0537. The number of aliphatic imine (C=N–C) groups is 1. The lowest BCUT2D eigenvalue weighted by Crippen LogP contribution is -2.20. The van der Waals surface area contributed by atoms with Gasteiger partial charge in [-0.15, -0.1) is 0 Å². The second kappa shape index (κ2) is 5.68. The van der Waals surface area contributed by atoms with Crippen molar-refractivity contribution in [1.29, 1.82) is 0 Å². The van der Waals surface area contributed by atoms with Gasteiger partial charge in [0.1, 0.15) is 0 Å². The number of thiocarbonyl (C=S) groups is 1. The SMILES string of the molecule is FC(Cl)C(F)(F)Sc1ccccc1N=C=S. The topological polar surface area (TPSA) is 12.4 Å². The molecule has 0 amide bonds. The minimum Gasteiger partial charge on any atom is -0.222 e. The van der Waals surface area contributed by atoms with Crippen molar-refractivity contribution in [3.05, 3.63) is 24.3 Å². The Morgan fingerprint density at radius 1 is 1.44 bits per heavy atom. The lowest BCUT2D eigenvalue weighted by atomic mass is 10.3. The van der Waals surface area contributed by atoms with Gasteiger partial charge in [-0.1, -0.05) is 23.7 Å². The molecule has 1 aromatic rings. The molecule has 0 spiro atoms. The highest BCUT2D eigenvalue weighted by Gasteiger charge is 2.40. The first-order valence-electron chi connectivity index (χ1n) is 3.99. The van der Waals surface area contributed by atoms with E-state index in [1.807, 2.05) is 0 Å². The molecule has 0 N–H and O–H groups in total. The first kappa shape index (κ1) is 13.5. The van der Waals surface area contributed by atoms with Crippen LogP contribution in [0, 0.1) is 0 Å². The van der Waals surface area contributed by atoms with Crippen LogP contribution in [0.4, 0.5) is 18.9 Å². The van der Waals surface area contributed by atoms with Gasteiger partial charge in [-0.05, 0) is 36.1 Å². The molecule has 1 unspecified atom stereocenters. The van der Waals surface area contributed by atoms with Crippen molar-refractivity contribution in [2.45, 2.75) is 15.8 Å². The molecule has 1 nitrogen and oxygen atoms in total. The van der Waals surface area contributed by atoms with Crippen LogP contribution < -0.4 is 0 Å². The summed E-state index contributed by atoms with van der Waals surface area (Å²) in [5, 5.41) is -1.65. The van der Waals surface area contributed by atoms with Crippen LogP contribution in [0.2, 0.25) is 0 Å². The zero-order valence-corrected chi connectivity index (χ0v) is 10.1. The first-order valence-corrected chi connectivity index (χ1v) is 5.65. The summed E-state index contributed by atoms with van der Waals surface area (Å²) in [7, 11) is 0. The van der Waals surface area contributed by atoms with Gasteiger partial charge in [-0.2, -0.15) is 13.8 Å². The van der Waals surface area contributed by atoms with Crippen molar-refractivity contribution >= 4 is 46.4 Å². The maximum Gasteiger partial charge on any atom is 0.342 e. The van der Waals surface area contributed by atoms with Crippen LogP contribution in [0.5, 0.6) is 0 Å². The number of hydrogen-bond donors (Lipinski definition) is 0. The third-order valence-electron chi connectivity index (χ3n) is 1.53. The minimum absolute atomic E-state index is 0.000231. The van der Waals surface area contributed by atoms with Crippen LogP contribution in [0.1, 0.15) is 0 Å². The Bertz CT molecular complexity index is 419. The van der Waals surface area contributed by atoms with Gasteiger partial charge in [0.15, 0.2) is 0 Å². The maximum absolute atomic E-state index is 13.0. The summed E-state index contributed by atoms with van der Waals surface area (Å²) in [5.41, 5.74) is -2.55. The molecule has 16 heavy (non-hydrogen) atoms. The fourth-order valence-electron chi connectivity index (χ4n) is 0.876. The van der Waals surface area contributed by atoms with E-state index in [1.54, 1.807) is 6.07 Å². The van der Waals surface area contributed by atoms with Gasteiger partial charge < -0.3 is 0 Å². The number of rotatable bonds is 4. The number of thioether (sulfide) groups is 1. The van der Waals surface area contributed by atoms with E-state index in [0.717, 1.165) is 0 Å². The standard InChI is InChI=1S/C9H5ClF3NS2/c10-8(11)9(12,13)16-7-4-2-1-3-6(7)14-5-15/h1-4,8H. The predicted molar refractivity (Wildman–Crippen MR) is 62.7 cm³/mol. The Morgan fingerprint density at radius 2 is 2.06 bits per heavy atom. The van der Waals surface area contributed by atoms with Crippen LogP contribution in [0.25, 0.3) is 0 Å². The average Bonchev–Trinajstić information content (AvgIpc) is 2.20. The van der Waals surface area contributed by atoms with Crippen LogP contribution in [0.3, 0.4) is 0 Å². The molecular weight excluding hydrogens is 279 g/mol. The molecule has 7 heteroatoms. The van der Waals surface area contributed by atoms with E-state index in [2.05, 4.69) is 22.4 Å². The monoisotopic (exact) mass is 283 g/mol. The molecule has 0 saturated heterocycles. The van der Waals surface area contributed by atoms with Crippen molar-refractivity contribution < 1.29 is 13.2 Å². The van der Waals surface area contributed by atoms with Gasteiger partial charge in [-0.25, -0.2) is 4.39 Å². The summed E-state index contributed by atoms with van der Waals surface area (Å²) in [4.78, 5) is 3.69. The second-order valence-electron chi connectivity index (χ2n) is 2.64. The molecule has 0 saturated carbocycles. The largest absolute Gasteiger partial charge is 0.342 e. The third-order valence-corrected chi connectivity index (χ3v) is 3.07. The second-order valence-corrected chi connectivity index (χ2v) is 4.39. The molecule has 1 atom stereocenters. The fraction of sp³-hybridized carbons (Fsp3) is 0.222. The molecule has 1 aromatic carbocycles. The number of hydrogen-bond acceptors (Lipinski definition) is 3. The third kappa shape index (κ3) is 3.49. The van der Waals surface area contributed by atoms with Gasteiger partial charge in [0.2, 0.25) is 5.63 Å². The van der Waals surface area contributed by atoms with Gasteiger partial charge in [-0.3, -0.25) is 0 Å². The van der Waals surface area contributed by atoms with E-state index in [1.165, 1.54) is 18.2 Å². The molecule has 0 aliphatic heterocycles. The van der Waals surface area contributed by atoms with Crippen LogP contribution in [-0.4, -0.2) is 16.0 Å². The highest BCUT2D eigenvalue weighted by atomic mass is 35.5. The van der Waals surface area contributed by atoms with E-state index in [4.69, 9.17) is 11.6 Å². The summed E-state index contributed by atoms with van der Waals surface area (Å²) in [6.45, 7) is 0. The number of isothiocyanates is 1. The molecule has 0 aliphatic rings. The van der Waals surface area contributed by atoms with Gasteiger partial charge in [0.25, 0.3) is 0 Å². The molecule has 0 aromatic heterocycles. The Balaban J connectivity index is 3.01. The first-order chi connectivity index (χ1) is 7.47. The summed E-state index contributed by atoms with van der Waals surface area (Å²) < 4.78 is 38.5. The summed E-state index contributed by atoms with van der Waals surface area (Å²) in [6.07, 6.45) is 0. The van der Waals surface area contributed by atoms with E-state index >= 15 is 0 Å². The van der Waals surface area contributed by atoms with Crippen molar-refractivity contribution in [2.75, 3.05) is 0 Å². The Labute approximate surface area is 105 Å². The van der Waals surface area contributed by atoms with Gasteiger partial charge in [0.05, 0.1) is 10.8 Å². The number of benzene rings is 1. The van der Waals surface area contributed by atoms with Crippen molar-refractivity contribution in [3.8, 4) is 0 Å². The Hall–Kier alpha value is -0.550. The van der Waals surface area contributed by atoms with Crippen molar-refractivity contribution in [2.24, 2.45) is 4.99 Å². The zero-order valence-electron chi connectivity index (χ0n) is 7.66. The molecule has 0 radical (unpaired) electrons. The number of para-hydroxylation sites is 1. The van der Waals surface area contributed by atoms with Gasteiger partial charge in [0, 0.05) is 4.90 Å². The van der Waals surface area contributed by atoms with Crippen LogP contribution in [-0.2, 0) is 0 Å². The molecule has 0 bridgehead atoms. The normalized spacial score (nSPS) is 13.0. The maximum atomic E-state index is 13.0. The molecule has 86 valence electrons. The summed E-state index contributed by atoms with van der Waals surface area (Å²) >= 11 is 9.12. The Morgan fingerprint density at radius 3 is 2.62 bits per heavy atom.